The molecule has 0 bridgehead atoms. The van der Waals surface area contributed by atoms with E-state index in [9.17, 15) is 0 Å². The molecular formula is C10H15N. The van der Waals surface area contributed by atoms with Gasteiger partial charge in [-0.1, -0.05) is 31.6 Å². The maximum absolute atomic E-state index is 7.73. The predicted octanol–water partition coefficient (Wildman–Crippen LogP) is 2.94. The van der Waals surface area contributed by atoms with Crippen LogP contribution in [0, 0.1) is 10.8 Å². The third-order valence-corrected chi connectivity index (χ3v) is 2.50. The normalized spacial score (nSPS) is 22.8. The molecular weight excluding hydrogens is 134 g/mol. The summed E-state index contributed by atoms with van der Waals surface area (Å²) in [6.45, 7) is 6.29. The van der Waals surface area contributed by atoms with Crippen LogP contribution in [0.25, 0.3) is 0 Å². The number of allylic oxidation sites excluding steroid dienone is 4. The molecule has 1 aliphatic rings. The SMILES string of the molecule is CC1=CCC=CC(=N)C1(C)C. The van der Waals surface area contributed by atoms with Gasteiger partial charge in [0.15, 0.2) is 0 Å². The summed E-state index contributed by atoms with van der Waals surface area (Å²) >= 11 is 0. The number of hydrogen-bond acceptors (Lipinski definition) is 1. The van der Waals surface area contributed by atoms with E-state index in [1.54, 1.807) is 0 Å². The standard InChI is InChI=1S/C10H15N/c1-8-6-4-5-7-9(11)10(8,2)3/h5-7,11H,4H2,1-3H3. The van der Waals surface area contributed by atoms with Crippen LogP contribution < -0.4 is 0 Å². The van der Waals surface area contributed by atoms with Gasteiger partial charge < -0.3 is 5.41 Å². The molecule has 0 heterocycles. The van der Waals surface area contributed by atoms with Gasteiger partial charge in [-0.25, -0.2) is 0 Å². The average Bonchev–Trinajstić information content (AvgIpc) is 2.03. The maximum Gasteiger partial charge on any atom is 0.0407 e. The molecule has 0 atom stereocenters. The van der Waals surface area contributed by atoms with Crippen molar-refractivity contribution in [2.75, 3.05) is 0 Å². The first-order chi connectivity index (χ1) is 5.05. The first-order valence-corrected chi connectivity index (χ1v) is 3.98. The second-order valence-electron chi connectivity index (χ2n) is 3.56. The van der Waals surface area contributed by atoms with Crippen LogP contribution in [0.2, 0.25) is 0 Å². The second kappa shape index (κ2) is 2.65. The molecule has 1 rings (SSSR count). The predicted molar refractivity (Wildman–Crippen MR) is 49.0 cm³/mol. The topological polar surface area (TPSA) is 23.9 Å². The molecule has 0 radical (unpaired) electrons. The molecule has 0 aliphatic heterocycles. The van der Waals surface area contributed by atoms with Crippen molar-refractivity contribution in [2.45, 2.75) is 27.2 Å². The van der Waals surface area contributed by atoms with Crippen molar-refractivity contribution in [3.63, 3.8) is 0 Å². The Labute approximate surface area is 68.3 Å². The quantitative estimate of drug-likeness (QED) is 0.512. The van der Waals surface area contributed by atoms with E-state index in [0.717, 1.165) is 6.42 Å². The summed E-state index contributed by atoms with van der Waals surface area (Å²) in [5.41, 5.74) is 1.95. The summed E-state index contributed by atoms with van der Waals surface area (Å²) in [7, 11) is 0. The smallest absolute Gasteiger partial charge is 0.0407 e. The highest BCUT2D eigenvalue weighted by Crippen LogP contribution is 2.29. The minimum Gasteiger partial charge on any atom is -0.304 e. The fraction of sp³-hybridized carbons (Fsp3) is 0.500. The molecule has 0 aromatic heterocycles. The molecule has 1 N–H and O–H groups in total. The van der Waals surface area contributed by atoms with Crippen molar-refractivity contribution in [3.8, 4) is 0 Å². The Morgan fingerprint density at radius 1 is 1.45 bits per heavy atom. The molecule has 0 aromatic carbocycles. The van der Waals surface area contributed by atoms with Crippen molar-refractivity contribution in [1.29, 1.82) is 5.41 Å². The van der Waals surface area contributed by atoms with Gasteiger partial charge in [-0.15, -0.1) is 0 Å². The minimum absolute atomic E-state index is 0.0625. The molecule has 11 heavy (non-hydrogen) atoms. The first kappa shape index (κ1) is 8.25. The number of rotatable bonds is 0. The van der Waals surface area contributed by atoms with E-state index < -0.39 is 0 Å². The van der Waals surface area contributed by atoms with Gasteiger partial charge in [0, 0.05) is 11.1 Å². The molecule has 60 valence electrons. The van der Waals surface area contributed by atoms with Crippen molar-refractivity contribution >= 4 is 5.71 Å². The Bertz CT molecular complexity index is 227. The zero-order valence-electron chi connectivity index (χ0n) is 7.44. The lowest BCUT2D eigenvalue weighted by Crippen LogP contribution is -2.22. The van der Waals surface area contributed by atoms with Gasteiger partial charge in [0.25, 0.3) is 0 Å². The van der Waals surface area contributed by atoms with Crippen LogP contribution in [0.15, 0.2) is 23.8 Å². The summed E-state index contributed by atoms with van der Waals surface area (Å²) < 4.78 is 0. The molecule has 1 aliphatic carbocycles. The Morgan fingerprint density at radius 3 is 2.73 bits per heavy atom. The highest BCUT2D eigenvalue weighted by molar-refractivity contribution is 5.99. The highest BCUT2D eigenvalue weighted by atomic mass is 14.5. The second-order valence-corrected chi connectivity index (χ2v) is 3.56. The molecule has 0 amide bonds. The van der Waals surface area contributed by atoms with Crippen LogP contribution >= 0.6 is 0 Å². The third kappa shape index (κ3) is 1.42. The average molecular weight is 149 g/mol. The van der Waals surface area contributed by atoms with Gasteiger partial charge in [0.2, 0.25) is 0 Å². The van der Waals surface area contributed by atoms with Crippen molar-refractivity contribution in [3.05, 3.63) is 23.8 Å². The van der Waals surface area contributed by atoms with Crippen LogP contribution in [-0.4, -0.2) is 5.71 Å². The van der Waals surface area contributed by atoms with Gasteiger partial charge in [-0.2, -0.15) is 0 Å². The van der Waals surface area contributed by atoms with Crippen LogP contribution in [0.4, 0.5) is 0 Å². The van der Waals surface area contributed by atoms with E-state index in [1.165, 1.54) is 5.57 Å². The van der Waals surface area contributed by atoms with Crippen LogP contribution in [0.1, 0.15) is 27.2 Å². The van der Waals surface area contributed by atoms with Crippen LogP contribution in [0.3, 0.4) is 0 Å². The zero-order chi connectivity index (χ0) is 8.48. The largest absolute Gasteiger partial charge is 0.304 e. The molecule has 0 aromatic rings. The molecule has 1 heteroatoms. The van der Waals surface area contributed by atoms with E-state index in [4.69, 9.17) is 5.41 Å². The highest BCUT2D eigenvalue weighted by Gasteiger charge is 2.24. The molecule has 1 nitrogen and oxygen atoms in total. The Hall–Kier alpha value is -0.850. The lowest BCUT2D eigenvalue weighted by atomic mass is 9.81. The fourth-order valence-electron chi connectivity index (χ4n) is 1.11. The van der Waals surface area contributed by atoms with Gasteiger partial charge in [0.1, 0.15) is 0 Å². The van der Waals surface area contributed by atoms with Crippen LogP contribution in [-0.2, 0) is 0 Å². The molecule has 0 spiro atoms. The number of hydrogen-bond donors (Lipinski definition) is 1. The van der Waals surface area contributed by atoms with Gasteiger partial charge >= 0.3 is 0 Å². The minimum atomic E-state index is -0.0625. The summed E-state index contributed by atoms with van der Waals surface area (Å²) in [6, 6.07) is 0. The molecule has 0 fully saturated rings. The molecule has 0 saturated carbocycles. The monoisotopic (exact) mass is 149 g/mol. The van der Waals surface area contributed by atoms with E-state index in [2.05, 4.69) is 26.8 Å². The zero-order valence-corrected chi connectivity index (χ0v) is 7.44. The van der Waals surface area contributed by atoms with Crippen molar-refractivity contribution in [2.24, 2.45) is 5.41 Å². The summed E-state index contributed by atoms with van der Waals surface area (Å²) in [6.07, 6.45) is 7.11. The van der Waals surface area contributed by atoms with E-state index >= 15 is 0 Å². The molecule has 0 saturated heterocycles. The Morgan fingerprint density at radius 2 is 2.09 bits per heavy atom. The van der Waals surface area contributed by atoms with E-state index in [1.807, 2.05) is 12.2 Å². The lowest BCUT2D eigenvalue weighted by molar-refractivity contribution is 0.625. The van der Waals surface area contributed by atoms with E-state index in [-0.39, 0.29) is 5.41 Å². The van der Waals surface area contributed by atoms with Gasteiger partial charge in [-0.3, -0.25) is 0 Å². The summed E-state index contributed by atoms with van der Waals surface area (Å²) in [4.78, 5) is 0. The molecule has 0 unspecified atom stereocenters. The summed E-state index contributed by atoms with van der Waals surface area (Å²) in [5.74, 6) is 0. The van der Waals surface area contributed by atoms with Crippen molar-refractivity contribution < 1.29 is 0 Å². The van der Waals surface area contributed by atoms with E-state index in [0.29, 0.717) is 5.71 Å². The fourth-order valence-corrected chi connectivity index (χ4v) is 1.11. The van der Waals surface area contributed by atoms with Gasteiger partial charge in [-0.05, 0) is 19.4 Å². The third-order valence-electron chi connectivity index (χ3n) is 2.50. The summed E-state index contributed by atoms with van der Waals surface area (Å²) in [5, 5.41) is 7.73. The first-order valence-electron chi connectivity index (χ1n) is 3.98. The lowest BCUT2D eigenvalue weighted by Gasteiger charge is -2.23. The Balaban J connectivity index is 3.05. The van der Waals surface area contributed by atoms with Crippen LogP contribution in [0.5, 0.6) is 0 Å². The Kier molecular flexibility index (Phi) is 1.99. The van der Waals surface area contributed by atoms with Crippen molar-refractivity contribution in [1.82, 2.24) is 0 Å². The number of nitrogens with one attached hydrogen (secondary N) is 1. The maximum atomic E-state index is 7.73. The van der Waals surface area contributed by atoms with Gasteiger partial charge in [0.05, 0.1) is 0 Å².